The highest BCUT2D eigenvalue weighted by Gasteiger charge is 2.38. The molecule has 1 aromatic carbocycles. The number of nitrogens with one attached hydrogen (secondary N) is 2. The van der Waals surface area contributed by atoms with Crippen molar-refractivity contribution >= 4 is 17.7 Å². The van der Waals surface area contributed by atoms with Crippen LogP contribution < -0.4 is 21.5 Å². The van der Waals surface area contributed by atoms with Crippen LogP contribution in [0.2, 0.25) is 0 Å². The van der Waals surface area contributed by atoms with Crippen LogP contribution in [0, 0.1) is 12.8 Å². The molecule has 3 aromatic rings. The Morgan fingerprint density at radius 2 is 1.97 bits per heavy atom. The molecule has 1 atom stereocenters. The number of ether oxygens (including phenoxy) is 1. The lowest BCUT2D eigenvalue weighted by molar-refractivity contribution is -0.160. The Hall–Kier alpha value is -4.09. The number of allylic oxidation sites excluding steroid dienone is 3. The van der Waals surface area contributed by atoms with Gasteiger partial charge in [0.25, 0.3) is 0 Å². The van der Waals surface area contributed by atoms with E-state index in [-0.39, 0.29) is 35.7 Å². The first-order valence-corrected chi connectivity index (χ1v) is 9.51. The van der Waals surface area contributed by atoms with Gasteiger partial charge in [0.15, 0.2) is 5.82 Å². The number of aromatic nitrogens is 5. The molecule has 12 heteroatoms. The zero-order chi connectivity index (χ0) is 22.9. The Morgan fingerprint density at radius 1 is 1.16 bits per heavy atom. The molecule has 0 saturated carbocycles. The zero-order valence-corrected chi connectivity index (χ0v) is 16.8. The van der Waals surface area contributed by atoms with Crippen molar-refractivity contribution in [1.29, 1.82) is 0 Å². The third-order valence-corrected chi connectivity index (χ3v) is 4.65. The lowest BCUT2D eigenvalue weighted by Gasteiger charge is -2.19. The summed E-state index contributed by atoms with van der Waals surface area (Å²) in [5.74, 6) is -0.0443. The number of rotatable bonds is 5. The molecule has 2 heterocycles. The summed E-state index contributed by atoms with van der Waals surface area (Å²) in [5, 5.41) is 9.64. The molecule has 2 aromatic heterocycles. The average Bonchev–Trinajstić information content (AvgIpc) is 3.15. The van der Waals surface area contributed by atoms with Crippen molar-refractivity contribution in [3.8, 4) is 23.0 Å². The number of nitrogens with two attached hydrogens (primary N) is 2. The molecule has 0 saturated heterocycles. The van der Waals surface area contributed by atoms with Crippen molar-refractivity contribution < 1.29 is 17.9 Å². The van der Waals surface area contributed by atoms with Gasteiger partial charge in [-0.25, -0.2) is 0 Å². The summed E-state index contributed by atoms with van der Waals surface area (Å²) < 4.78 is 44.6. The van der Waals surface area contributed by atoms with Crippen LogP contribution >= 0.6 is 0 Å². The lowest BCUT2D eigenvalue weighted by atomic mass is 9.99. The smallest absolute Gasteiger partial charge is 0.395 e. The highest BCUT2D eigenvalue weighted by Crippen LogP contribution is 2.34. The fourth-order valence-electron chi connectivity index (χ4n) is 3.16. The van der Waals surface area contributed by atoms with E-state index in [0.29, 0.717) is 11.6 Å². The first-order valence-electron chi connectivity index (χ1n) is 9.51. The Labute approximate surface area is 180 Å². The number of benzene rings is 1. The van der Waals surface area contributed by atoms with Crippen LogP contribution in [0.5, 0.6) is 11.6 Å². The van der Waals surface area contributed by atoms with E-state index in [0.717, 1.165) is 17.2 Å². The van der Waals surface area contributed by atoms with E-state index in [1.807, 2.05) is 6.92 Å². The number of nitrogens with zero attached hydrogens (tertiary/aromatic N) is 4. The second-order valence-electron chi connectivity index (χ2n) is 7.11. The van der Waals surface area contributed by atoms with E-state index >= 15 is 0 Å². The molecule has 1 aliphatic rings. The summed E-state index contributed by atoms with van der Waals surface area (Å²) in [6.07, 6.45) is -0.222. The van der Waals surface area contributed by atoms with Gasteiger partial charge in [-0.15, -0.1) is 5.10 Å². The van der Waals surface area contributed by atoms with Gasteiger partial charge in [-0.05, 0) is 49.3 Å². The van der Waals surface area contributed by atoms with E-state index in [4.69, 9.17) is 16.2 Å². The largest absolute Gasteiger partial charge is 0.439 e. The molecular weight excluding hydrogens is 425 g/mol. The van der Waals surface area contributed by atoms with Gasteiger partial charge < -0.3 is 21.5 Å². The molecule has 0 radical (unpaired) electrons. The maximum atomic E-state index is 13.0. The Balaban J connectivity index is 1.49. The third kappa shape index (κ3) is 4.79. The van der Waals surface area contributed by atoms with Crippen LogP contribution in [-0.2, 0) is 0 Å². The number of aryl methyl sites for hydroxylation is 1. The second kappa shape index (κ2) is 8.21. The van der Waals surface area contributed by atoms with Gasteiger partial charge in [-0.2, -0.15) is 28.1 Å². The van der Waals surface area contributed by atoms with Crippen molar-refractivity contribution in [2.75, 3.05) is 16.8 Å². The van der Waals surface area contributed by atoms with Crippen LogP contribution in [-0.4, -0.2) is 31.3 Å². The van der Waals surface area contributed by atoms with Crippen molar-refractivity contribution in [1.82, 2.24) is 25.1 Å². The normalized spacial score (nSPS) is 16.0. The monoisotopic (exact) mass is 444 g/mol. The molecule has 166 valence electrons. The van der Waals surface area contributed by atoms with E-state index in [1.54, 1.807) is 24.3 Å². The first-order chi connectivity index (χ1) is 15.2. The topological polar surface area (TPSA) is 141 Å². The summed E-state index contributed by atoms with van der Waals surface area (Å²) in [7, 11) is 0. The Bertz CT molecular complexity index is 1180. The molecule has 0 fully saturated rings. The molecule has 1 unspecified atom stereocenters. The second-order valence-corrected chi connectivity index (χ2v) is 7.11. The van der Waals surface area contributed by atoms with Gasteiger partial charge in [0.05, 0.1) is 5.92 Å². The number of halogens is 3. The van der Waals surface area contributed by atoms with Crippen LogP contribution in [0.3, 0.4) is 0 Å². The molecule has 0 amide bonds. The number of hydrogen-bond donors (Lipinski definition) is 4. The summed E-state index contributed by atoms with van der Waals surface area (Å²) >= 11 is 0. The molecule has 0 spiro atoms. The quantitative estimate of drug-likeness (QED) is 0.463. The molecule has 32 heavy (non-hydrogen) atoms. The summed E-state index contributed by atoms with van der Waals surface area (Å²) in [5.41, 5.74) is 13.0. The maximum absolute atomic E-state index is 13.0. The molecule has 6 N–H and O–H groups in total. The van der Waals surface area contributed by atoms with E-state index in [2.05, 4.69) is 30.5 Å². The molecule has 0 aliphatic heterocycles. The zero-order valence-electron chi connectivity index (χ0n) is 16.8. The minimum absolute atomic E-state index is 0.000453. The van der Waals surface area contributed by atoms with Crippen molar-refractivity contribution in [2.24, 2.45) is 5.92 Å². The van der Waals surface area contributed by atoms with Crippen LogP contribution in [0.1, 0.15) is 12.0 Å². The van der Waals surface area contributed by atoms with Crippen molar-refractivity contribution in [2.45, 2.75) is 19.5 Å². The number of aromatic amines is 1. The first kappa shape index (κ1) is 21.2. The minimum atomic E-state index is -4.30. The highest BCUT2D eigenvalue weighted by molar-refractivity contribution is 5.63. The van der Waals surface area contributed by atoms with Crippen LogP contribution in [0.15, 0.2) is 48.2 Å². The molecule has 4 rings (SSSR count). The van der Waals surface area contributed by atoms with Gasteiger partial charge in [0, 0.05) is 17.3 Å². The summed E-state index contributed by atoms with van der Waals surface area (Å²) in [6, 6.07) is 6.68. The van der Waals surface area contributed by atoms with Gasteiger partial charge in [-0.1, -0.05) is 6.08 Å². The summed E-state index contributed by atoms with van der Waals surface area (Å²) in [6.45, 7) is 1.85. The molecule has 0 bridgehead atoms. The lowest BCUT2D eigenvalue weighted by Crippen LogP contribution is -2.23. The Morgan fingerprint density at radius 3 is 2.69 bits per heavy atom. The third-order valence-electron chi connectivity index (χ3n) is 4.65. The van der Waals surface area contributed by atoms with Crippen LogP contribution in [0.4, 0.5) is 30.9 Å². The van der Waals surface area contributed by atoms with Gasteiger partial charge in [-0.3, -0.25) is 5.10 Å². The fourth-order valence-corrected chi connectivity index (χ4v) is 3.16. The summed E-state index contributed by atoms with van der Waals surface area (Å²) in [4.78, 5) is 12.1. The minimum Gasteiger partial charge on any atom is -0.439 e. The maximum Gasteiger partial charge on any atom is 0.395 e. The number of anilines is 3. The van der Waals surface area contributed by atoms with Gasteiger partial charge in [0.1, 0.15) is 11.6 Å². The predicted molar refractivity (Wildman–Crippen MR) is 112 cm³/mol. The fraction of sp³-hybridized carbons (Fsp3) is 0.200. The van der Waals surface area contributed by atoms with Gasteiger partial charge in [0.2, 0.25) is 17.8 Å². The van der Waals surface area contributed by atoms with Gasteiger partial charge >= 0.3 is 6.18 Å². The van der Waals surface area contributed by atoms with E-state index < -0.39 is 12.1 Å². The Kier molecular flexibility index (Phi) is 5.43. The number of alkyl halides is 3. The standard InChI is InChI=1S/C20H19F3N8O/c1-10-7-13(32-16-9-15(24)27-18(25)28-16)5-6-14(10)17-29-19(31-30-17)26-12-4-2-3-11(8-12)20(21,22)23/h2,4-9,11H,3H2,1H3,(H4,24,25,27,28)(H2,26,29,30,31). The molecule has 9 nitrogen and oxygen atoms in total. The predicted octanol–water partition coefficient (Wildman–Crippen LogP) is 3.96. The number of nitrogen functional groups attached to an aromatic ring is 2. The SMILES string of the molecule is Cc1cc(Oc2cc(N)nc(N)n2)ccc1-c1nc(NC2=CC(C(F)(F)F)CC=C2)n[nH]1. The van der Waals surface area contributed by atoms with Crippen molar-refractivity contribution in [3.63, 3.8) is 0 Å². The number of H-pyrrole nitrogens is 1. The number of hydrogen-bond acceptors (Lipinski definition) is 8. The van der Waals surface area contributed by atoms with Crippen molar-refractivity contribution in [3.05, 3.63) is 53.8 Å². The highest BCUT2D eigenvalue weighted by atomic mass is 19.4. The van der Waals surface area contributed by atoms with E-state index in [9.17, 15) is 13.2 Å². The average molecular weight is 444 g/mol. The molecule has 1 aliphatic carbocycles. The van der Waals surface area contributed by atoms with Crippen LogP contribution in [0.25, 0.3) is 11.4 Å². The van der Waals surface area contributed by atoms with E-state index in [1.165, 1.54) is 12.1 Å². The molecular formula is C20H19F3N8O.